The standard InChI is InChI=1S/C22H18FN5OS/c1-3-13-27(22-25-19(14-30-22)16-7-5-4-6-8-16)21(29)20-24-15(2)28(26-20)18-11-9-17(23)10-12-18/h3-12,14H,1,13H2,2H3. The maximum absolute atomic E-state index is 13.2. The van der Waals surface area contributed by atoms with E-state index in [0.717, 1.165) is 11.3 Å². The van der Waals surface area contributed by atoms with E-state index < -0.39 is 0 Å². The quantitative estimate of drug-likeness (QED) is 0.426. The predicted octanol–water partition coefficient (Wildman–Crippen LogP) is 4.67. The van der Waals surface area contributed by atoms with Gasteiger partial charge in [0.1, 0.15) is 11.6 Å². The molecule has 0 saturated carbocycles. The number of halogens is 1. The maximum Gasteiger partial charge on any atom is 0.300 e. The molecule has 0 aliphatic heterocycles. The third-order valence-electron chi connectivity index (χ3n) is 4.38. The summed E-state index contributed by atoms with van der Waals surface area (Å²) in [6, 6.07) is 15.6. The molecule has 0 aliphatic rings. The Morgan fingerprint density at radius 2 is 1.90 bits per heavy atom. The monoisotopic (exact) mass is 419 g/mol. The van der Waals surface area contributed by atoms with Crippen molar-refractivity contribution in [2.75, 3.05) is 11.4 Å². The van der Waals surface area contributed by atoms with Gasteiger partial charge in [0.2, 0.25) is 5.82 Å². The zero-order valence-electron chi connectivity index (χ0n) is 16.2. The van der Waals surface area contributed by atoms with Crippen LogP contribution in [0.2, 0.25) is 0 Å². The highest BCUT2D eigenvalue weighted by molar-refractivity contribution is 7.14. The van der Waals surface area contributed by atoms with Crippen molar-refractivity contribution >= 4 is 22.4 Å². The number of benzene rings is 2. The minimum Gasteiger partial charge on any atom is -0.277 e. The summed E-state index contributed by atoms with van der Waals surface area (Å²) in [6.45, 7) is 5.75. The zero-order chi connectivity index (χ0) is 21.1. The lowest BCUT2D eigenvalue weighted by atomic mass is 10.2. The highest BCUT2D eigenvalue weighted by Crippen LogP contribution is 2.28. The largest absolute Gasteiger partial charge is 0.300 e. The normalized spacial score (nSPS) is 10.7. The number of aryl methyl sites for hydroxylation is 1. The number of thiazole rings is 1. The number of anilines is 1. The van der Waals surface area contributed by atoms with Crippen molar-refractivity contribution in [3.8, 4) is 16.9 Å². The van der Waals surface area contributed by atoms with Crippen molar-refractivity contribution in [3.05, 3.63) is 90.1 Å². The maximum atomic E-state index is 13.2. The van der Waals surface area contributed by atoms with Gasteiger partial charge in [0.05, 0.1) is 11.4 Å². The highest BCUT2D eigenvalue weighted by atomic mass is 32.1. The lowest BCUT2D eigenvalue weighted by Gasteiger charge is -2.15. The van der Waals surface area contributed by atoms with Gasteiger partial charge in [-0.2, -0.15) is 0 Å². The molecule has 0 N–H and O–H groups in total. The summed E-state index contributed by atoms with van der Waals surface area (Å²) in [5.74, 6) is -0.168. The van der Waals surface area contributed by atoms with E-state index in [9.17, 15) is 9.18 Å². The molecule has 0 aliphatic carbocycles. The molecular formula is C22H18FN5OS. The Labute approximate surface area is 177 Å². The van der Waals surface area contributed by atoms with Crippen LogP contribution in [0.25, 0.3) is 16.9 Å². The van der Waals surface area contributed by atoms with E-state index in [1.807, 2.05) is 35.7 Å². The van der Waals surface area contributed by atoms with Crippen molar-refractivity contribution in [1.29, 1.82) is 0 Å². The number of nitrogens with zero attached hydrogens (tertiary/aromatic N) is 5. The van der Waals surface area contributed by atoms with Crippen LogP contribution in [-0.2, 0) is 0 Å². The number of aromatic nitrogens is 4. The molecule has 1 amide bonds. The molecule has 0 radical (unpaired) electrons. The van der Waals surface area contributed by atoms with Gasteiger partial charge in [-0.3, -0.25) is 9.69 Å². The fourth-order valence-electron chi connectivity index (χ4n) is 2.93. The fraction of sp³-hybridized carbons (Fsp3) is 0.0909. The number of carbonyl (C=O) groups excluding carboxylic acids is 1. The molecule has 0 spiro atoms. The Morgan fingerprint density at radius 3 is 2.60 bits per heavy atom. The van der Waals surface area contributed by atoms with Crippen molar-refractivity contribution in [2.24, 2.45) is 0 Å². The molecule has 6 nitrogen and oxygen atoms in total. The molecule has 30 heavy (non-hydrogen) atoms. The molecule has 0 saturated heterocycles. The first-order chi connectivity index (χ1) is 14.6. The Balaban J connectivity index is 1.65. The van der Waals surface area contributed by atoms with Crippen molar-refractivity contribution in [2.45, 2.75) is 6.92 Å². The Kier molecular flexibility index (Phi) is 5.49. The first-order valence-electron chi connectivity index (χ1n) is 9.20. The Hall–Kier alpha value is -3.65. The Morgan fingerprint density at radius 1 is 1.17 bits per heavy atom. The van der Waals surface area contributed by atoms with Crippen LogP contribution in [0.1, 0.15) is 16.4 Å². The van der Waals surface area contributed by atoms with Crippen LogP contribution in [0.4, 0.5) is 9.52 Å². The molecular weight excluding hydrogens is 401 g/mol. The van der Waals surface area contributed by atoms with E-state index in [-0.39, 0.29) is 24.1 Å². The molecule has 0 fully saturated rings. The van der Waals surface area contributed by atoms with Gasteiger partial charge in [0.15, 0.2) is 5.13 Å². The summed E-state index contributed by atoms with van der Waals surface area (Å²) >= 11 is 1.37. The summed E-state index contributed by atoms with van der Waals surface area (Å²) in [5.41, 5.74) is 2.38. The van der Waals surface area contributed by atoms with Gasteiger partial charge in [0, 0.05) is 17.5 Å². The van der Waals surface area contributed by atoms with Crippen LogP contribution in [0.3, 0.4) is 0 Å². The summed E-state index contributed by atoms with van der Waals surface area (Å²) in [5, 5.41) is 6.78. The van der Waals surface area contributed by atoms with E-state index in [2.05, 4.69) is 21.6 Å². The van der Waals surface area contributed by atoms with E-state index in [1.165, 1.54) is 33.1 Å². The van der Waals surface area contributed by atoms with Crippen LogP contribution in [0.15, 0.2) is 72.6 Å². The third-order valence-corrected chi connectivity index (χ3v) is 5.24. The number of hydrogen-bond donors (Lipinski definition) is 0. The first-order valence-corrected chi connectivity index (χ1v) is 10.1. The second kappa shape index (κ2) is 8.38. The molecule has 150 valence electrons. The summed E-state index contributed by atoms with van der Waals surface area (Å²) in [7, 11) is 0. The molecule has 8 heteroatoms. The van der Waals surface area contributed by atoms with Gasteiger partial charge >= 0.3 is 0 Å². The van der Waals surface area contributed by atoms with E-state index in [1.54, 1.807) is 25.1 Å². The molecule has 0 unspecified atom stereocenters. The van der Waals surface area contributed by atoms with Crippen LogP contribution < -0.4 is 4.90 Å². The second-order valence-electron chi connectivity index (χ2n) is 6.46. The number of carbonyl (C=O) groups is 1. The second-order valence-corrected chi connectivity index (χ2v) is 7.29. The fourth-order valence-corrected chi connectivity index (χ4v) is 3.78. The van der Waals surface area contributed by atoms with Gasteiger partial charge in [-0.15, -0.1) is 23.0 Å². The SMILES string of the molecule is C=CCN(C(=O)c1nc(C)n(-c2ccc(F)cc2)n1)c1nc(-c2ccccc2)cs1. The average Bonchev–Trinajstić information content (AvgIpc) is 3.40. The Bertz CT molecular complexity index is 1180. The minimum absolute atomic E-state index is 0.0372. The van der Waals surface area contributed by atoms with Crippen LogP contribution in [0.5, 0.6) is 0 Å². The van der Waals surface area contributed by atoms with E-state index in [4.69, 9.17) is 0 Å². The highest BCUT2D eigenvalue weighted by Gasteiger charge is 2.24. The average molecular weight is 419 g/mol. The molecule has 4 aromatic rings. The van der Waals surface area contributed by atoms with Crippen LogP contribution in [-0.4, -0.2) is 32.2 Å². The summed E-state index contributed by atoms with van der Waals surface area (Å²) < 4.78 is 14.7. The topological polar surface area (TPSA) is 63.9 Å². The smallest absolute Gasteiger partial charge is 0.277 e. The van der Waals surface area contributed by atoms with Gasteiger partial charge in [-0.25, -0.2) is 19.0 Å². The lowest BCUT2D eigenvalue weighted by molar-refractivity contribution is 0.0980. The number of amides is 1. The lowest BCUT2D eigenvalue weighted by Crippen LogP contribution is -2.32. The third kappa shape index (κ3) is 3.90. The van der Waals surface area contributed by atoms with E-state index in [0.29, 0.717) is 16.6 Å². The predicted molar refractivity (Wildman–Crippen MR) is 115 cm³/mol. The van der Waals surface area contributed by atoms with Crippen molar-refractivity contribution < 1.29 is 9.18 Å². The molecule has 2 heterocycles. The number of rotatable bonds is 6. The van der Waals surface area contributed by atoms with Gasteiger partial charge in [0.25, 0.3) is 5.91 Å². The van der Waals surface area contributed by atoms with Gasteiger partial charge < -0.3 is 0 Å². The van der Waals surface area contributed by atoms with Gasteiger partial charge in [-0.05, 0) is 31.2 Å². The summed E-state index contributed by atoms with van der Waals surface area (Å²) in [4.78, 5) is 23.6. The molecule has 2 aromatic carbocycles. The number of hydrogen-bond acceptors (Lipinski definition) is 5. The molecule has 0 bridgehead atoms. The molecule has 0 atom stereocenters. The van der Waals surface area contributed by atoms with E-state index >= 15 is 0 Å². The van der Waals surface area contributed by atoms with Crippen molar-refractivity contribution in [1.82, 2.24) is 19.7 Å². The van der Waals surface area contributed by atoms with Gasteiger partial charge in [-0.1, -0.05) is 36.4 Å². The molecule has 2 aromatic heterocycles. The summed E-state index contributed by atoms with van der Waals surface area (Å²) in [6.07, 6.45) is 1.63. The molecule has 4 rings (SSSR count). The zero-order valence-corrected chi connectivity index (χ0v) is 17.0. The van der Waals surface area contributed by atoms with Crippen LogP contribution in [0, 0.1) is 12.7 Å². The minimum atomic E-state index is -0.382. The first kappa shape index (κ1) is 19.7. The van der Waals surface area contributed by atoms with Crippen LogP contribution >= 0.6 is 11.3 Å². The van der Waals surface area contributed by atoms with Crippen molar-refractivity contribution in [3.63, 3.8) is 0 Å².